The van der Waals surface area contributed by atoms with Crippen LogP contribution >= 0.6 is 12.6 Å². The Morgan fingerprint density at radius 2 is 1.53 bits per heavy atom. The molecule has 0 atom stereocenters. The van der Waals surface area contributed by atoms with Crippen LogP contribution in [0, 0.1) is 0 Å². The van der Waals surface area contributed by atoms with Gasteiger partial charge in [-0.2, -0.15) is 12.6 Å². The summed E-state index contributed by atoms with van der Waals surface area (Å²) < 4.78 is 21.4. The quantitative estimate of drug-likeness (QED) is 0.489. The molecule has 0 fully saturated rings. The van der Waals surface area contributed by atoms with Crippen molar-refractivity contribution in [1.82, 2.24) is 0 Å². The van der Waals surface area contributed by atoms with Gasteiger partial charge >= 0.3 is 9.05 Å². The van der Waals surface area contributed by atoms with Crippen LogP contribution in [0.15, 0.2) is 0 Å². The fourth-order valence-electron chi connectivity index (χ4n) is 1.16. The predicted molar refractivity (Wildman–Crippen MR) is 69.8 cm³/mol. The van der Waals surface area contributed by atoms with Crippen LogP contribution in [0.5, 0.6) is 0 Å². The minimum atomic E-state index is -3.28. The van der Waals surface area contributed by atoms with Crippen LogP contribution in [0.3, 0.4) is 0 Å². The highest BCUT2D eigenvalue weighted by molar-refractivity contribution is 7.80. The summed E-state index contributed by atoms with van der Waals surface area (Å²) in [6.07, 6.45) is 0.961. The van der Waals surface area contributed by atoms with E-state index in [1.54, 1.807) is 20.8 Å². The monoisotopic (exact) mass is 282 g/mol. The molecule has 102 valence electrons. The van der Waals surface area contributed by atoms with Crippen molar-refractivity contribution in [3.05, 3.63) is 0 Å². The van der Waals surface area contributed by atoms with Gasteiger partial charge in [0.1, 0.15) is 0 Å². The molecule has 0 heterocycles. The summed E-state index contributed by atoms with van der Waals surface area (Å²) in [5.41, 5.74) is 0. The molecule has 0 aliphatic heterocycles. The molecule has 0 N–H and O–H groups in total. The molecule has 0 saturated heterocycles. The van der Waals surface area contributed by atoms with Crippen molar-refractivity contribution in [2.45, 2.75) is 33.6 Å². The lowest BCUT2D eigenvalue weighted by Gasteiger charge is -2.25. The molecule has 0 aromatic heterocycles. The first-order chi connectivity index (χ1) is 8.14. The minimum Gasteiger partial charge on any atom is -0.452 e. The molecule has 0 rings (SSSR count). The second kappa shape index (κ2) is 9.90. The third kappa shape index (κ3) is 7.05. The highest BCUT2D eigenvalue weighted by atomic mass is 32.1. The largest absolute Gasteiger partial charge is 0.751 e. The number of thiol groups is 1. The summed E-state index contributed by atoms with van der Waals surface area (Å²) in [5, 5.41) is 0. The molecule has 0 spiro atoms. The van der Waals surface area contributed by atoms with Crippen molar-refractivity contribution < 1.29 is 22.5 Å². The lowest BCUT2D eigenvalue weighted by atomic mass is 10.3. The Kier molecular flexibility index (Phi) is 9.85. The Balaban J connectivity index is 4.46. The summed E-state index contributed by atoms with van der Waals surface area (Å²) in [6.45, 7) is 6.56. The number of carbonyl (C=O) groups excluding carboxylic acids is 1. The first kappa shape index (κ1) is 16.9. The van der Waals surface area contributed by atoms with E-state index < -0.39 is 9.05 Å². The predicted octanol–water partition coefficient (Wildman–Crippen LogP) is 1.78. The lowest BCUT2D eigenvalue weighted by Crippen LogP contribution is -2.50. The van der Waals surface area contributed by atoms with E-state index in [-0.39, 0.29) is 5.97 Å². The lowest BCUT2D eigenvalue weighted by molar-refractivity contribution is -0.144. The van der Waals surface area contributed by atoms with Gasteiger partial charge in [-0.05, 0) is 32.9 Å². The normalized spacial score (nSPS) is 11.5. The van der Waals surface area contributed by atoms with Crippen molar-refractivity contribution in [1.29, 1.82) is 0 Å². The van der Waals surface area contributed by atoms with Crippen LogP contribution in [0.4, 0.5) is 0 Å². The Bertz CT molecular complexity index is 198. The van der Waals surface area contributed by atoms with Gasteiger partial charge in [0.25, 0.3) is 5.97 Å². The van der Waals surface area contributed by atoms with Crippen molar-refractivity contribution in [2.24, 2.45) is 0 Å². The zero-order valence-corrected chi connectivity index (χ0v) is 12.6. The van der Waals surface area contributed by atoms with Gasteiger partial charge in [0.15, 0.2) is 0 Å². The van der Waals surface area contributed by atoms with Crippen molar-refractivity contribution in [3.63, 3.8) is 0 Å². The van der Waals surface area contributed by atoms with E-state index in [2.05, 4.69) is 12.6 Å². The Labute approximate surface area is 110 Å². The number of hydrogen-bond donors (Lipinski definition) is 1. The van der Waals surface area contributed by atoms with Gasteiger partial charge in [-0.15, -0.1) is 0 Å². The number of carbonyl (C=O) groups is 1. The Morgan fingerprint density at radius 3 is 1.88 bits per heavy atom. The first-order valence-corrected chi connectivity index (χ1v) is 8.15. The van der Waals surface area contributed by atoms with Gasteiger partial charge in [0.05, 0.1) is 0 Å². The van der Waals surface area contributed by atoms with Crippen LogP contribution in [0.25, 0.3) is 0 Å². The van der Waals surface area contributed by atoms with Crippen molar-refractivity contribution in [2.75, 3.05) is 25.6 Å². The third-order valence-corrected chi connectivity index (χ3v) is 4.46. The Morgan fingerprint density at radius 1 is 1.06 bits per heavy atom. The van der Waals surface area contributed by atoms with Gasteiger partial charge in [0, 0.05) is 26.2 Å². The van der Waals surface area contributed by atoms with E-state index in [0.717, 1.165) is 0 Å². The number of hydrogen-bond acceptors (Lipinski definition) is 6. The van der Waals surface area contributed by atoms with Crippen LogP contribution in [0.2, 0.25) is 0 Å². The van der Waals surface area contributed by atoms with E-state index in [1.165, 1.54) is 0 Å². The van der Waals surface area contributed by atoms with Gasteiger partial charge in [-0.3, -0.25) is 4.79 Å². The van der Waals surface area contributed by atoms with Crippen LogP contribution in [-0.4, -0.2) is 40.6 Å². The van der Waals surface area contributed by atoms with Gasteiger partial charge in [0.2, 0.25) is 0 Å². The average molecular weight is 282 g/mol. The smallest absolute Gasteiger partial charge is 0.452 e. The standard InChI is InChI=1S/C10H22O5SSi/c1-4-12-17(13-5-2,14-6-3)15-10(11)8-7-9-16/h16H,4-9H2,1-3H3. The van der Waals surface area contributed by atoms with E-state index in [9.17, 15) is 4.79 Å². The molecule has 7 heteroatoms. The Hall–Kier alpha value is -0.0831. The first-order valence-electron chi connectivity index (χ1n) is 5.88. The molecule has 0 saturated carbocycles. The van der Waals surface area contributed by atoms with Gasteiger partial charge in [-0.1, -0.05) is 0 Å². The van der Waals surface area contributed by atoms with Crippen molar-refractivity contribution >= 4 is 27.6 Å². The molecule has 0 unspecified atom stereocenters. The van der Waals surface area contributed by atoms with Gasteiger partial charge < -0.3 is 17.7 Å². The zero-order valence-electron chi connectivity index (χ0n) is 10.7. The molecule has 5 nitrogen and oxygen atoms in total. The van der Waals surface area contributed by atoms with Crippen LogP contribution in [0.1, 0.15) is 33.6 Å². The molecule has 0 aromatic rings. The molecule has 0 bridgehead atoms. The molecule has 0 aliphatic rings. The van der Waals surface area contributed by atoms with E-state index in [0.29, 0.717) is 38.4 Å². The third-order valence-electron chi connectivity index (χ3n) is 1.74. The van der Waals surface area contributed by atoms with E-state index >= 15 is 0 Å². The summed E-state index contributed by atoms with van der Waals surface area (Å²) >= 11 is 4.04. The van der Waals surface area contributed by atoms with Crippen LogP contribution in [-0.2, 0) is 22.5 Å². The second-order valence-electron chi connectivity index (χ2n) is 3.10. The molecule has 0 radical (unpaired) electrons. The highest BCUT2D eigenvalue weighted by Crippen LogP contribution is 2.13. The van der Waals surface area contributed by atoms with E-state index in [1.807, 2.05) is 0 Å². The summed E-state index contributed by atoms with van der Waals surface area (Å²) in [5.74, 6) is 0.280. The molecular weight excluding hydrogens is 260 g/mol. The average Bonchev–Trinajstić information content (AvgIpc) is 2.27. The molecule has 0 amide bonds. The second-order valence-corrected chi connectivity index (χ2v) is 5.62. The summed E-state index contributed by atoms with van der Waals surface area (Å²) in [7, 11) is -3.28. The molecule has 0 aliphatic carbocycles. The zero-order chi connectivity index (χ0) is 13.1. The SMILES string of the molecule is CCO[Si](OCC)(OCC)OC(=O)CCCS. The van der Waals surface area contributed by atoms with Gasteiger partial charge in [-0.25, -0.2) is 0 Å². The fourth-order valence-corrected chi connectivity index (χ4v) is 3.18. The maximum Gasteiger partial charge on any atom is 0.751 e. The molecular formula is C10H22O5SSi. The maximum atomic E-state index is 11.6. The molecule has 0 aromatic carbocycles. The minimum absolute atomic E-state index is 0.297. The topological polar surface area (TPSA) is 54.0 Å². The number of rotatable bonds is 10. The van der Waals surface area contributed by atoms with Crippen LogP contribution < -0.4 is 0 Å². The summed E-state index contributed by atoms with van der Waals surface area (Å²) in [4.78, 5) is 11.6. The maximum absolute atomic E-state index is 11.6. The fraction of sp³-hybridized carbons (Fsp3) is 0.900. The molecule has 17 heavy (non-hydrogen) atoms. The highest BCUT2D eigenvalue weighted by Gasteiger charge is 2.49. The summed E-state index contributed by atoms with van der Waals surface area (Å²) in [6, 6.07) is 0. The van der Waals surface area contributed by atoms with Crippen molar-refractivity contribution in [3.8, 4) is 0 Å². The van der Waals surface area contributed by atoms with E-state index in [4.69, 9.17) is 17.7 Å².